The van der Waals surface area contributed by atoms with Gasteiger partial charge in [-0.2, -0.15) is 0 Å². The molecular weight excluding hydrogens is 478 g/mol. The van der Waals surface area contributed by atoms with E-state index in [0.717, 1.165) is 56.6 Å². The van der Waals surface area contributed by atoms with Gasteiger partial charge in [-0.05, 0) is 88.1 Å². The first-order chi connectivity index (χ1) is 17.8. The molecule has 4 heterocycles. The van der Waals surface area contributed by atoms with Crippen molar-refractivity contribution in [1.82, 2.24) is 24.7 Å². The molecule has 7 heteroatoms. The highest BCUT2D eigenvalue weighted by Crippen LogP contribution is 2.42. The van der Waals surface area contributed by atoms with Crippen LogP contribution in [0.2, 0.25) is 0 Å². The molecule has 196 valence electrons. The fourth-order valence-electron chi connectivity index (χ4n) is 6.23. The number of benzene rings is 1. The van der Waals surface area contributed by atoms with E-state index in [1.807, 2.05) is 12.3 Å². The fraction of sp³-hybridized carbons (Fsp3) is 0.467. The van der Waals surface area contributed by atoms with Crippen LogP contribution in [-0.4, -0.2) is 63.9 Å². The number of nitrogens with one attached hydrogen (secondary N) is 1. The van der Waals surface area contributed by atoms with Crippen molar-refractivity contribution in [2.24, 2.45) is 0 Å². The molecule has 0 unspecified atom stereocenters. The van der Waals surface area contributed by atoms with Gasteiger partial charge in [0.05, 0.1) is 36.7 Å². The lowest BCUT2D eigenvalue weighted by Gasteiger charge is -2.30. The molecule has 6 nitrogen and oxygen atoms in total. The van der Waals surface area contributed by atoms with Crippen LogP contribution in [0.4, 0.5) is 0 Å². The summed E-state index contributed by atoms with van der Waals surface area (Å²) in [6.07, 6.45) is 2.93. The molecule has 3 aromatic rings. The Bertz CT molecular complexity index is 1240. The number of pyridine rings is 1. The molecule has 2 aliphatic heterocycles. The van der Waals surface area contributed by atoms with Crippen LogP contribution in [0.1, 0.15) is 57.8 Å². The quantitative estimate of drug-likeness (QED) is 0.440. The lowest BCUT2D eigenvalue weighted by Crippen LogP contribution is -2.39. The van der Waals surface area contributed by atoms with Crippen molar-refractivity contribution in [2.75, 3.05) is 39.4 Å². The van der Waals surface area contributed by atoms with Crippen molar-refractivity contribution in [3.63, 3.8) is 0 Å². The fourth-order valence-corrected chi connectivity index (χ4v) is 6.56. The monoisotopic (exact) mass is 517 g/mol. The highest BCUT2D eigenvalue weighted by molar-refractivity contribution is 7.80. The largest absolute Gasteiger partial charge is 0.379 e. The van der Waals surface area contributed by atoms with E-state index in [0.29, 0.717) is 0 Å². The van der Waals surface area contributed by atoms with E-state index in [9.17, 15) is 0 Å². The molecule has 2 aromatic heterocycles. The Labute approximate surface area is 226 Å². The first-order valence-electron chi connectivity index (χ1n) is 13.4. The molecule has 0 amide bonds. The maximum absolute atomic E-state index is 5.94. The summed E-state index contributed by atoms with van der Waals surface area (Å²) >= 11 is 5.94. The first kappa shape index (κ1) is 25.9. The summed E-state index contributed by atoms with van der Waals surface area (Å²) in [5, 5.41) is 4.45. The maximum Gasteiger partial charge on any atom is 0.170 e. The molecule has 1 aromatic carbocycles. The highest BCUT2D eigenvalue weighted by Gasteiger charge is 2.41. The molecule has 5 rings (SSSR count). The number of hydrogen-bond acceptors (Lipinski definition) is 4. The van der Waals surface area contributed by atoms with Crippen LogP contribution >= 0.6 is 12.2 Å². The zero-order valence-electron chi connectivity index (χ0n) is 22.8. The third-order valence-electron chi connectivity index (χ3n) is 7.82. The van der Waals surface area contributed by atoms with E-state index >= 15 is 0 Å². The number of aryl methyl sites for hydroxylation is 4. The van der Waals surface area contributed by atoms with Crippen molar-refractivity contribution >= 4 is 17.3 Å². The predicted octanol–water partition coefficient (Wildman–Crippen LogP) is 5.11. The predicted molar refractivity (Wildman–Crippen MR) is 153 cm³/mol. The van der Waals surface area contributed by atoms with Crippen LogP contribution in [0, 0.1) is 34.6 Å². The number of ether oxygens (including phenoxy) is 1. The van der Waals surface area contributed by atoms with Crippen molar-refractivity contribution in [3.8, 4) is 5.69 Å². The SMILES string of the molecule is Cc1cc(C)c(-n2c(C)cc([C@@H]3[C@@H](c4ccccn4)NC(=S)N3CCCN3CCOCC3)c2C)c(C)c1. The Hall–Kier alpha value is -2.74. The molecule has 1 N–H and O–H groups in total. The summed E-state index contributed by atoms with van der Waals surface area (Å²) in [5.41, 5.74) is 10.0. The van der Waals surface area contributed by atoms with Crippen molar-refractivity contribution in [2.45, 2.75) is 53.1 Å². The lowest BCUT2D eigenvalue weighted by atomic mass is 9.96. The Morgan fingerprint density at radius 1 is 1.00 bits per heavy atom. The van der Waals surface area contributed by atoms with Gasteiger partial charge in [0, 0.05) is 43.8 Å². The van der Waals surface area contributed by atoms with Gasteiger partial charge >= 0.3 is 0 Å². The molecule has 0 aliphatic carbocycles. The van der Waals surface area contributed by atoms with Crippen molar-refractivity contribution in [1.29, 1.82) is 0 Å². The van der Waals surface area contributed by atoms with E-state index in [-0.39, 0.29) is 12.1 Å². The third kappa shape index (κ3) is 5.17. The Balaban J connectivity index is 1.51. The van der Waals surface area contributed by atoms with Gasteiger partial charge in [0.2, 0.25) is 0 Å². The van der Waals surface area contributed by atoms with Gasteiger partial charge in [0.25, 0.3) is 0 Å². The number of nitrogens with zero attached hydrogens (tertiary/aromatic N) is 4. The van der Waals surface area contributed by atoms with E-state index in [1.165, 1.54) is 39.3 Å². The second-order valence-corrected chi connectivity index (χ2v) is 10.9. The van der Waals surface area contributed by atoms with Crippen LogP contribution in [0.5, 0.6) is 0 Å². The standard InChI is InChI=1S/C30H39N5OS/c1-20-17-21(2)28(22(3)18-20)35-23(4)19-25(24(35)5)29-27(26-9-6-7-10-31-26)32-30(37)34(29)12-8-11-33-13-15-36-16-14-33/h6-7,9-10,17-19,27,29H,8,11-16H2,1-5H3,(H,32,37)/t27-,29-/m1/s1. The molecule has 2 fully saturated rings. The number of thiocarbonyl (C=S) groups is 1. The molecule has 0 spiro atoms. The molecule has 0 bridgehead atoms. The smallest absolute Gasteiger partial charge is 0.170 e. The molecule has 0 radical (unpaired) electrons. The summed E-state index contributed by atoms with van der Waals surface area (Å²) < 4.78 is 7.96. The van der Waals surface area contributed by atoms with Crippen molar-refractivity contribution in [3.05, 3.63) is 81.9 Å². The van der Waals surface area contributed by atoms with Gasteiger partial charge in [-0.3, -0.25) is 9.88 Å². The van der Waals surface area contributed by atoms with Crippen LogP contribution in [-0.2, 0) is 4.74 Å². The summed E-state index contributed by atoms with van der Waals surface area (Å²) in [5.74, 6) is 0. The Morgan fingerprint density at radius 2 is 1.73 bits per heavy atom. The molecule has 0 saturated carbocycles. The van der Waals surface area contributed by atoms with Crippen LogP contribution in [0.25, 0.3) is 5.69 Å². The highest BCUT2D eigenvalue weighted by atomic mass is 32.1. The van der Waals surface area contributed by atoms with Crippen LogP contribution < -0.4 is 5.32 Å². The first-order valence-corrected chi connectivity index (χ1v) is 13.8. The van der Waals surface area contributed by atoms with Crippen LogP contribution in [0.3, 0.4) is 0 Å². The summed E-state index contributed by atoms with van der Waals surface area (Å²) in [4.78, 5) is 9.63. The van der Waals surface area contributed by atoms with E-state index in [2.05, 4.69) is 84.6 Å². The minimum absolute atomic E-state index is 0.00579. The number of hydrogen-bond donors (Lipinski definition) is 1. The van der Waals surface area contributed by atoms with Gasteiger partial charge in [-0.25, -0.2) is 0 Å². The minimum atomic E-state index is 0.00579. The summed E-state index contributed by atoms with van der Waals surface area (Å²) in [6, 6.07) is 13.2. The minimum Gasteiger partial charge on any atom is -0.379 e. The molecule has 37 heavy (non-hydrogen) atoms. The zero-order chi connectivity index (χ0) is 26.1. The lowest BCUT2D eigenvalue weighted by molar-refractivity contribution is 0.0365. The normalized spacial score (nSPS) is 20.5. The van der Waals surface area contributed by atoms with E-state index in [4.69, 9.17) is 21.9 Å². The van der Waals surface area contributed by atoms with Gasteiger partial charge in [0.15, 0.2) is 5.11 Å². The van der Waals surface area contributed by atoms with Gasteiger partial charge < -0.3 is 19.5 Å². The third-order valence-corrected chi connectivity index (χ3v) is 8.18. The second kappa shape index (κ2) is 10.9. The Kier molecular flexibility index (Phi) is 7.65. The van der Waals surface area contributed by atoms with Gasteiger partial charge in [-0.15, -0.1) is 0 Å². The Morgan fingerprint density at radius 3 is 2.41 bits per heavy atom. The van der Waals surface area contributed by atoms with Crippen LogP contribution in [0.15, 0.2) is 42.6 Å². The zero-order valence-corrected chi connectivity index (χ0v) is 23.6. The molecule has 2 saturated heterocycles. The van der Waals surface area contributed by atoms with Crippen molar-refractivity contribution < 1.29 is 4.74 Å². The average Bonchev–Trinajstić information content (AvgIpc) is 3.35. The number of rotatable bonds is 7. The molecule has 2 atom stereocenters. The molecule has 2 aliphatic rings. The maximum atomic E-state index is 5.94. The van der Waals surface area contributed by atoms with Gasteiger partial charge in [-0.1, -0.05) is 23.8 Å². The summed E-state index contributed by atoms with van der Waals surface area (Å²) in [7, 11) is 0. The second-order valence-electron chi connectivity index (χ2n) is 10.5. The number of aromatic nitrogens is 2. The van der Waals surface area contributed by atoms with E-state index in [1.54, 1.807) is 0 Å². The average molecular weight is 518 g/mol. The topological polar surface area (TPSA) is 45.6 Å². The van der Waals surface area contributed by atoms with E-state index < -0.39 is 0 Å². The number of morpholine rings is 1. The summed E-state index contributed by atoms with van der Waals surface area (Å²) in [6.45, 7) is 16.7. The van der Waals surface area contributed by atoms with Gasteiger partial charge in [0.1, 0.15) is 0 Å². The molecular formula is C30H39N5OS.